The molecule has 0 saturated carbocycles. The van der Waals surface area contributed by atoms with Gasteiger partial charge in [-0.2, -0.15) is 0 Å². The third-order valence-corrected chi connectivity index (χ3v) is 2.01. The Balaban J connectivity index is 2.47. The van der Waals surface area contributed by atoms with Gasteiger partial charge in [0.1, 0.15) is 0 Å². The van der Waals surface area contributed by atoms with Crippen LogP contribution in [0.5, 0.6) is 0 Å². The van der Waals surface area contributed by atoms with Crippen molar-refractivity contribution < 1.29 is 9.59 Å². The number of hydrogen-bond donors (Lipinski definition) is 3. The van der Waals surface area contributed by atoms with Crippen LogP contribution in [0.15, 0.2) is 18.5 Å². The molecule has 0 bridgehead atoms. The molecular weight excluding hydrogens is 208 g/mol. The summed E-state index contributed by atoms with van der Waals surface area (Å²) in [5.41, 5.74) is 6.26. The number of amides is 2. The van der Waals surface area contributed by atoms with E-state index in [-0.39, 0.29) is 24.8 Å². The first-order valence-electron chi connectivity index (χ1n) is 4.83. The van der Waals surface area contributed by atoms with E-state index >= 15 is 0 Å². The van der Waals surface area contributed by atoms with Crippen molar-refractivity contribution in [1.82, 2.24) is 15.6 Å². The quantitative estimate of drug-likeness (QED) is 0.641. The molecule has 0 aliphatic rings. The lowest BCUT2D eigenvalue weighted by atomic mass is 10.2. The summed E-state index contributed by atoms with van der Waals surface area (Å²) in [5, 5.41) is 5.06. The Labute approximate surface area is 93.2 Å². The van der Waals surface area contributed by atoms with Crippen LogP contribution >= 0.6 is 0 Å². The minimum absolute atomic E-state index is 0.122. The van der Waals surface area contributed by atoms with E-state index in [9.17, 15) is 9.59 Å². The average molecular weight is 222 g/mol. The number of nitrogens with two attached hydrogens (primary N) is 1. The molecule has 0 spiro atoms. The first-order chi connectivity index (χ1) is 7.65. The largest absolute Gasteiger partial charge is 0.397 e. The van der Waals surface area contributed by atoms with E-state index in [2.05, 4.69) is 15.6 Å². The van der Waals surface area contributed by atoms with Crippen LogP contribution in [0.1, 0.15) is 16.8 Å². The van der Waals surface area contributed by atoms with Gasteiger partial charge in [0.25, 0.3) is 5.91 Å². The molecule has 86 valence electrons. The lowest BCUT2D eigenvalue weighted by Crippen LogP contribution is -2.29. The Kier molecular flexibility index (Phi) is 4.26. The molecule has 1 rings (SSSR count). The van der Waals surface area contributed by atoms with Gasteiger partial charge in [-0.05, 0) is 6.07 Å². The smallest absolute Gasteiger partial charge is 0.253 e. The molecule has 0 aromatic carbocycles. The van der Waals surface area contributed by atoms with Crippen molar-refractivity contribution >= 4 is 17.5 Å². The fourth-order valence-electron chi connectivity index (χ4n) is 1.12. The van der Waals surface area contributed by atoms with Gasteiger partial charge in [0.15, 0.2) is 0 Å². The Morgan fingerprint density at radius 1 is 1.50 bits per heavy atom. The second kappa shape index (κ2) is 5.69. The topological polar surface area (TPSA) is 97.1 Å². The number of aromatic nitrogens is 1. The van der Waals surface area contributed by atoms with Gasteiger partial charge in [0, 0.05) is 26.2 Å². The van der Waals surface area contributed by atoms with Crippen molar-refractivity contribution in [3.63, 3.8) is 0 Å². The molecule has 16 heavy (non-hydrogen) atoms. The van der Waals surface area contributed by atoms with Crippen LogP contribution in [0, 0.1) is 0 Å². The molecule has 0 atom stereocenters. The number of nitrogens with zero attached hydrogens (tertiary/aromatic N) is 1. The SMILES string of the molecule is CNC(=O)CCNC(=O)c1ccncc1N. The van der Waals surface area contributed by atoms with E-state index in [0.29, 0.717) is 11.3 Å². The van der Waals surface area contributed by atoms with E-state index in [1.807, 2.05) is 0 Å². The van der Waals surface area contributed by atoms with Crippen LogP contribution in [0.2, 0.25) is 0 Å². The summed E-state index contributed by atoms with van der Waals surface area (Å²) < 4.78 is 0. The Hall–Kier alpha value is -2.11. The molecule has 1 aromatic rings. The number of carbonyl (C=O) groups excluding carboxylic acids is 2. The van der Waals surface area contributed by atoms with Gasteiger partial charge in [0.05, 0.1) is 17.4 Å². The van der Waals surface area contributed by atoms with Crippen molar-refractivity contribution in [1.29, 1.82) is 0 Å². The van der Waals surface area contributed by atoms with Crippen molar-refractivity contribution in [2.24, 2.45) is 0 Å². The Bertz CT molecular complexity index is 392. The summed E-state index contributed by atoms with van der Waals surface area (Å²) in [5.74, 6) is -0.424. The summed E-state index contributed by atoms with van der Waals surface area (Å²) >= 11 is 0. The summed E-state index contributed by atoms with van der Waals surface area (Å²) in [6.07, 6.45) is 3.14. The Morgan fingerprint density at radius 2 is 2.25 bits per heavy atom. The molecule has 1 heterocycles. The average Bonchev–Trinajstić information content (AvgIpc) is 2.29. The van der Waals surface area contributed by atoms with Crippen LogP contribution in [0.4, 0.5) is 5.69 Å². The predicted molar refractivity (Wildman–Crippen MR) is 59.7 cm³/mol. The molecule has 1 aromatic heterocycles. The maximum atomic E-state index is 11.6. The van der Waals surface area contributed by atoms with Gasteiger partial charge < -0.3 is 16.4 Å². The lowest BCUT2D eigenvalue weighted by Gasteiger charge is -2.06. The second-order valence-corrected chi connectivity index (χ2v) is 3.14. The molecular formula is C10H14N4O2. The number of nitrogens with one attached hydrogen (secondary N) is 2. The molecule has 0 unspecified atom stereocenters. The van der Waals surface area contributed by atoms with E-state index < -0.39 is 0 Å². The van der Waals surface area contributed by atoms with Gasteiger partial charge >= 0.3 is 0 Å². The molecule has 0 aliphatic heterocycles. The van der Waals surface area contributed by atoms with E-state index in [1.54, 1.807) is 7.05 Å². The molecule has 6 heteroatoms. The van der Waals surface area contributed by atoms with Crippen LogP contribution < -0.4 is 16.4 Å². The fourth-order valence-corrected chi connectivity index (χ4v) is 1.12. The molecule has 0 fully saturated rings. The van der Waals surface area contributed by atoms with Crippen molar-refractivity contribution in [2.45, 2.75) is 6.42 Å². The summed E-state index contributed by atoms with van der Waals surface area (Å²) in [7, 11) is 1.55. The Morgan fingerprint density at radius 3 is 2.88 bits per heavy atom. The van der Waals surface area contributed by atoms with Gasteiger partial charge in [0.2, 0.25) is 5.91 Å². The monoisotopic (exact) mass is 222 g/mol. The lowest BCUT2D eigenvalue weighted by molar-refractivity contribution is -0.120. The fraction of sp³-hybridized carbons (Fsp3) is 0.300. The van der Waals surface area contributed by atoms with Crippen molar-refractivity contribution in [3.8, 4) is 0 Å². The standard InChI is InChI=1S/C10H14N4O2/c1-12-9(15)3-5-14-10(16)7-2-4-13-6-8(7)11/h2,4,6H,3,5,11H2,1H3,(H,12,15)(H,14,16). The number of pyridine rings is 1. The number of anilines is 1. The van der Waals surface area contributed by atoms with Crippen molar-refractivity contribution in [3.05, 3.63) is 24.0 Å². The predicted octanol–water partition coefficient (Wildman–Crippen LogP) is -0.470. The third-order valence-electron chi connectivity index (χ3n) is 2.01. The van der Waals surface area contributed by atoms with Gasteiger partial charge in [-0.3, -0.25) is 14.6 Å². The first kappa shape index (κ1) is 12.0. The zero-order chi connectivity index (χ0) is 12.0. The van der Waals surface area contributed by atoms with Gasteiger partial charge in [-0.25, -0.2) is 0 Å². The van der Waals surface area contributed by atoms with Crippen LogP contribution in [0.3, 0.4) is 0 Å². The molecule has 0 aliphatic carbocycles. The molecule has 2 amide bonds. The summed E-state index contributed by atoms with van der Waals surface area (Å²) in [6.45, 7) is 0.278. The highest BCUT2D eigenvalue weighted by atomic mass is 16.2. The zero-order valence-electron chi connectivity index (χ0n) is 8.99. The van der Waals surface area contributed by atoms with Crippen LogP contribution in [0.25, 0.3) is 0 Å². The zero-order valence-corrected chi connectivity index (χ0v) is 8.99. The second-order valence-electron chi connectivity index (χ2n) is 3.14. The van der Waals surface area contributed by atoms with Gasteiger partial charge in [-0.1, -0.05) is 0 Å². The highest BCUT2D eigenvalue weighted by Crippen LogP contribution is 2.07. The van der Waals surface area contributed by atoms with E-state index in [4.69, 9.17) is 5.73 Å². The molecule has 0 saturated heterocycles. The molecule has 0 radical (unpaired) electrons. The number of rotatable bonds is 4. The molecule has 4 N–H and O–H groups in total. The van der Waals surface area contributed by atoms with Gasteiger partial charge in [-0.15, -0.1) is 0 Å². The normalized spacial score (nSPS) is 9.56. The number of hydrogen-bond acceptors (Lipinski definition) is 4. The van der Waals surface area contributed by atoms with E-state index in [1.165, 1.54) is 18.5 Å². The number of carbonyl (C=O) groups is 2. The van der Waals surface area contributed by atoms with Crippen LogP contribution in [-0.4, -0.2) is 30.4 Å². The van der Waals surface area contributed by atoms with Crippen LogP contribution in [-0.2, 0) is 4.79 Å². The minimum Gasteiger partial charge on any atom is -0.397 e. The van der Waals surface area contributed by atoms with Crippen molar-refractivity contribution in [2.75, 3.05) is 19.3 Å². The number of nitrogen functional groups attached to an aromatic ring is 1. The molecule has 6 nitrogen and oxygen atoms in total. The third kappa shape index (κ3) is 3.23. The minimum atomic E-state index is -0.302. The van der Waals surface area contributed by atoms with E-state index in [0.717, 1.165) is 0 Å². The highest BCUT2D eigenvalue weighted by Gasteiger charge is 2.08. The first-order valence-corrected chi connectivity index (χ1v) is 4.83. The maximum Gasteiger partial charge on any atom is 0.253 e. The summed E-state index contributed by atoms with van der Waals surface area (Å²) in [6, 6.07) is 1.53. The highest BCUT2D eigenvalue weighted by molar-refractivity contribution is 5.98. The maximum absolute atomic E-state index is 11.6. The summed E-state index contributed by atoms with van der Waals surface area (Å²) in [4.78, 5) is 26.3.